The van der Waals surface area contributed by atoms with Gasteiger partial charge < -0.3 is 15.8 Å². The predicted octanol–water partition coefficient (Wildman–Crippen LogP) is 3.88. The van der Waals surface area contributed by atoms with Crippen molar-refractivity contribution >= 4 is 24.0 Å². The highest BCUT2D eigenvalue weighted by molar-refractivity contribution is 5.93. The second-order valence-corrected chi connectivity index (χ2v) is 7.84. The number of halogens is 1. The fourth-order valence-corrected chi connectivity index (χ4v) is 4.90. The van der Waals surface area contributed by atoms with Crippen LogP contribution in [0.5, 0.6) is 0 Å². The number of amides is 1. The maximum Gasteiger partial charge on any atom is 0.229 e. The topological polar surface area (TPSA) is 64.4 Å². The number of carbonyl (C=O) groups excluding carboxylic acids is 1. The number of nitrogens with one attached hydrogen (secondary N) is 1. The van der Waals surface area contributed by atoms with E-state index in [0.717, 1.165) is 24.1 Å². The number of ether oxygens (including phenoxy) is 1. The van der Waals surface area contributed by atoms with Gasteiger partial charge in [-0.25, -0.2) is 0 Å². The van der Waals surface area contributed by atoms with E-state index in [1.165, 1.54) is 32.1 Å². The molecule has 0 radical (unpaired) electrons. The predicted molar refractivity (Wildman–Crippen MR) is 102 cm³/mol. The van der Waals surface area contributed by atoms with Gasteiger partial charge in [-0.2, -0.15) is 0 Å². The van der Waals surface area contributed by atoms with Gasteiger partial charge in [0.25, 0.3) is 0 Å². The van der Waals surface area contributed by atoms with Gasteiger partial charge in [-0.3, -0.25) is 4.79 Å². The third kappa shape index (κ3) is 4.02. The van der Waals surface area contributed by atoms with E-state index in [0.29, 0.717) is 24.5 Å². The molecule has 138 valence electrons. The Hall–Kier alpha value is -1.10. The summed E-state index contributed by atoms with van der Waals surface area (Å²) in [6.07, 6.45) is 8.90. The number of nitrogens with two attached hydrogens (primary N) is 1. The normalized spacial score (nSPS) is 31.1. The Morgan fingerprint density at radius 2 is 1.76 bits per heavy atom. The van der Waals surface area contributed by atoms with E-state index in [4.69, 9.17) is 10.5 Å². The number of rotatable bonds is 5. The monoisotopic (exact) mass is 364 g/mol. The zero-order valence-electron chi connectivity index (χ0n) is 14.7. The lowest BCUT2D eigenvalue weighted by molar-refractivity contribution is -0.121. The Morgan fingerprint density at radius 3 is 2.40 bits per heavy atom. The molecule has 0 aromatic heterocycles. The molecule has 4 nitrogen and oxygen atoms in total. The van der Waals surface area contributed by atoms with Gasteiger partial charge in [0.1, 0.15) is 0 Å². The molecule has 0 heterocycles. The Kier molecular flexibility index (Phi) is 6.03. The minimum absolute atomic E-state index is 0. The van der Waals surface area contributed by atoms with Crippen molar-refractivity contribution in [2.75, 3.05) is 5.32 Å². The van der Waals surface area contributed by atoms with E-state index in [-0.39, 0.29) is 30.3 Å². The van der Waals surface area contributed by atoms with Crippen molar-refractivity contribution in [1.29, 1.82) is 0 Å². The summed E-state index contributed by atoms with van der Waals surface area (Å²) in [5.74, 6) is 1.14. The van der Waals surface area contributed by atoms with Gasteiger partial charge in [-0.15, -0.1) is 12.4 Å². The van der Waals surface area contributed by atoms with Crippen LogP contribution in [0.3, 0.4) is 0 Å². The summed E-state index contributed by atoms with van der Waals surface area (Å²) in [4.78, 5) is 12.6. The molecule has 4 unspecified atom stereocenters. The van der Waals surface area contributed by atoms with Crippen molar-refractivity contribution in [3.05, 3.63) is 29.8 Å². The van der Waals surface area contributed by atoms with Crippen LogP contribution in [0.2, 0.25) is 0 Å². The molecule has 0 spiro atoms. The molecule has 4 atom stereocenters. The molecular formula is C20H29ClN2O2. The van der Waals surface area contributed by atoms with Crippen molar-refractivity contribution in [2.45, 2.75) is 63.7 Å². The zero-order chi connectivity index (χ0) is 16.5. The van der Waals surface area contributed by atoms with Gasteiger partial charge in [0.15, 0.2) is 0 Å². The van der Waals surface area contributed by atoms with Gasteiger partial charge in [0.2, 0.25) is 5.91 Å². The molecule has 5 heteroatoms. The van der Waals surface area contributed by atoms with Crippen molar-refractivity contribution < 1.29 is 9.53 Å². The van der Waals surface area contributed by atoms with E-state index in [1.54, 1.807) is 0 Å². The van der Waals surface area contributed by atoms with Crippen LogP contribution in [-0.4, -0.2) is 18.1 Å². The van der Waals surface area contributed by atoms with Crippen LogP contribution >= 0.6 is 12.4 Å². The molecular weight excluding hydrogens is 336 g/mol. The minimum Gasteiger partial charge on any atom is -0.374 e. The summed E-state index contributed by atoms with van der Waals surface area (Å²) < 4.78 is 5.93. The smallest absolute Gasteiger partial charge is 0.229 e. The van der Waals surface area contributed by atoms with Crippen LogP contribution in [0.4, 0.5) is 5.69 Å². The van der Waals surface area contributed by atoms with E-state index in [9.17, 15) is 4.79 Å². The molecule has 2 bridgehead atoms. The SMILES string of the molecule is Cl.NC1C2CCC(C2)C1C(=O)Nc1ccc(COC2CCCC2)cc1. The Balaban J connectivity index is 0.00000182. The average Bonchev–Trinajstić information content (AvgIpc) is 3.31. The molecule has 3 N–H and O–H groups in total. The summed E-state index contributed by atoms with van der Waals surface area (Å²) in [7, 11) is 0. The average molecular weight is 365 g/mol. The fraction of sp³-hybridized carbons (Fsp3) is 0.650. The number of fused-ring (bicyclic) bond motifs is 2. The zero-order valence-corrected chi connectivity index (χ0v) is 15.5. The fourth-order valence-electron chi connectivity index (χ4n) is 4.90. The maximum absolute atomic E-state index is 12.6. The van der Waals surface area contributed by atoms with Crippen LogP contribution < -0.4 is 11.1 Å². The number of hydrogen-bond acceptors (Lipinski definition) is 3. The first-order valence-corrected chi connectivity index (χ1v) is 9.47. The summed E-state index contributed by atoms with van der Waals surface area (Å²) in [5.41, 5.74) is 8.29. The highest BCUT2D eigenvalue weighted by Crippen LogP contribution is 2.47. The lowest BCUT2D eigenvalue weighted by Gasteiger charge is -2.27. The summed E-state index contributed by atoms with van der Waals surface area (Å²) in [6, 6.07) is 8.09. The molecule has 25 heavy (non-hydrogen) atoms. The van der Waals surface area contributed by atoms with Crippen molar-refractivity contribution in [3.8, 4) is 0 Å². The first-order valence-electron chi connectivity index (χ1n) is 9.47. The lowest BCUT2D eigenvalue weighted by atomic mass is 9.84. The molecule has 0 aliphatic heterocycles. The first kappa shape index (κ1) is 18.7. The number of benzene rings is 1. The third-order valence-electron chi connectivity index (χ3n) is 6.29. The largest absolute Gasteiger partial charge is 0.374 e. The van der Waals surface area contributed by atoms with Gasteiger partial charge in [-0.05, 0) is 61.6 Å². The quantitative estimate of drug-likeness (QED) is 0.833. The minimum atomic E-state index is -0.00544. The summed E-state index contributed by atoms with van der Waals surface area (Å²) in [5, 5.41) is 3.06. The van der Waals surface area contributed by atoms with Gasteiger partial charge in [-0.1, -0.05) is 25.0 Å². The molecule has 3 aliphatic rings. The van der Waals surface area contributed by atoms with E-state index in [1.807, 2.05) is 24.3 Å². The number of anilines is 1. The summed E-state index contributed by atoms with van der Waals surface area (Å²) in [6.45, 7) is 0.663. The van der Waals surface area contributed by atoms with Crippen LogP contribution in [0.1, 0.15) is 50.5 Å². The Labute approximate surface area is 156 Å². The van der Waals surface area contributed by atoms with Gasteiger partial charge >= 0.3 is 0 Å². The number of hydrogen-bond donors (Lipinski definition) is 2. The Morgan fingerprint density at radius 1 is 1.08 bits per heavy atom. The van der Waals surface area contributed by atoms with E-state index >= 15 is 0 Å². The first-order chi connectivity index (χ1) is 11.7. The summed E-state index contributed by atoms with van der Waals surface area (Å²) >= 11 is 0. The van der Waals surface area contributed by atoms with Crippen molar-refractivity contribution in [1.82, 2.24) is 0 Å². The molecule has 3 saturated carbocycles. The van der Waals surface area contributed by atoms with Crippen LogP contribution in [0, 0.1) is 17.8 Å². The highest BCUT2D eigenvalue weighted by atomic mass is 35.5. The van der Waals surface area contributed by atoms with Crippen molar-refractivity contribution in [3.63, 3.8) is 0 Å². The number of carbonyl (C=O) groups is 1. The molecule has 4 rings (SSSR count). The third-order valence-corrected chi connectivity index (χ3v) is 6.29. The second-order valence-electron chi connectivity index (χ2n) is 7.84. The van der Waals surface area contributed by atoms with Crippen LogP contribution in [-0.2, 0) is 16.1 Å². The van der Waals surface area contributed by atoms with Crippen LogP contribution in [0.25, 0.3) is 0 Å². The van der Waals surface area contributed by atoms with Crippen LogP contribution in [0.15, 0.2) is 24.3 Å². The molecule has 0 saturated heterocycles. The molecule has 3 aliphatic carbocycles. The second kappa shape index (κ2) is 8.07. The van der Waals surface area contributed by atoms with E-state index < -0.39 is 0 Å². The van der Waals surface area contributed by atoms with E-state index in [2.05, 4.69) is 5.32 Å². The maximum atomic E-state index is 12.6. The lowest BCUT2D eigenvalue weighted by Crippen LogP contribution is -2.42. The molecule has 1 amide bonds. The molecule has 1 aromatic rings. The van der Waals surface area contributed by atoms with Gasteiger partial charge in [0, 0.05) is 11.7 Å². The van der Waals surface area contributed by atoms with Crippen molar-refractivity contribution in [2.24, 2.45) is 23.5 Å². The molecule has 3 fully saturated rings. The highest BCUT2D eigenvalue weighted by Gasteiger charge is 2.49. The molecule has 1 aromatic carbocycles. The standard InChI is InChI=1S/C20H28N2O2.ClH/c21-19-15-8-7-14(11-15)18(19)20(23)22-16-9-5-13(6-10-16)12-24-17-3-1-2-4-17;/h5-6,9-10,14-15,17-19H,1-4,7-8,11-12,21H2,(H,22,23);1H. The Bertz CT molecular complexity index is 584. The van der Waals surface area contributed by atoms with Gasteiger partial charge in [0.05, 0.1) is 18.6 Å².